The molecule has 0 amide bonds. The van der Waals surface area contributed by atoms with Crippen LogP contribution in [0.1, 0.15) is 5.56 Å². The van der Waals surface area contributed by atoms with Crippen molar-refractivity contribution < 1.29 is 5.11 Å². The number of hydrogen-bond donors (Lipinski definition) is 1. The minimum atomic E-state index is 0.0997. The van der Waals surface area contributed by atoms with Gasteiger partial charge in [0.2, 0.25) is 0 Å². The maximum Gasteiger partial charge on any atom is 0.138 e. The van der Waals surface area contributed by atoms with Gasteiger partial charge in [-0.25, -0.2) is 0 Å². The van der Waals surface area contributed by atoms with Gasteiger partial charge in [-0.15, -0.1) is 0 Å². The van der Waals surface area contributed by atoms with Crippen LogP contribution in [0.4, 0.5) is 11.4 Å². The van der Waals surface area contributed by atoms with Gasteiger partial charge in [-0.2, -0.15) is 0 Å². The minimum Gasteiger partial charge on any atom is -0.392 e. The molecule has 0 aliphatic carbocycles. The molecule has 0 spiro atoms. The standard InChI is InChI=1S/C18H23N2O/c1-19-10-12-20(13-11-19,17-7-3-2-4-8-17)18-9-5-6-16(14-18)15-21/h2-9,14,21H,10-13,15H2,1H3/q+1. The molecule has 3 heteroatoms. The number of benzene rings is 2. The summed E-state index contributed by atoms with van der Waals surface area (Å²) in [5, 5.41) is 9.44. The number of rotatable bonds is 3. The Morgan fingerprint density at radius 1 is 0.952 bits per heavy atom. The Balaban J connectivity index is 2.08. The molecule has 0 atom stereocenters. The van der Waals surface area contributed by atoms with Crippen molar-refractivity contribution in [1.82, 2.24) is 9.38 Å². The van der Waals surface area contributed by atoms with Gasteiger partial charge in [-0.3, -0.25) is 9.38 Å². The summed E-state index contributed by atoms with van der Waals surface area (Å²) in [7, 11) is 2.18. The summed E-state index contributed by atoms with van der Waals surface area (Å²) in [5.41, 5.74) is 3.60. The van der Waals surface area contributed by atoms with Crippen LogP contribution in [-0.2, 0) is 6.61 Å². The first-order chi connectivity index (χ1) is 10.2. The molecule has 0 bridgehead atoms. The number of aliphatic hydroxyl groups excluding tert-OH is 1. The van der Waals surface area contributed by atoms with E-state index in [9.17, 15) is 5.11 Å². The van der Waals surface area contributed by atoms with Crippen LogP contribution in [0.25, 0.3) is 0 Å². The first kappa shape index (κ1) is 14.3. The van der Waals surface area contributed by atoms with Crippen molar-refractivity contribution >= 4 is 11.4 Å². The molecule has 3 rings (SSSR count). The topological polar surface area (TPSA) is 23.5 Å². The lowest BCUT2D eigenvalue weighted by atomic mass is 10.1. The number of quaternary nitrogens is 1. The smallest absolute Gasteiger partial charge is 0.138 e. The van der Waals surface area contributed by atoms with Crippen LogP contribution < -0.4 is 4.48 Å². The molecule has 2 aromatic carbocycles. The monoisotopic (exact) mass is 283 g/mol. The van der Waals surface area contributed by atoms with Gasteiger partial charge < -0.3 is 5.11 Å². The highest BCUT2D eigenvalue weighted by Gasteiger charge is 2.36. The summed E-state index contributed by atoms with van der Waals surface area (Å²) in [6, 6.07) is 19.1. The molecule has 3 nitrogen and oxygen atoms in total. The Morgan fingerprint density at radius 3 is 2.29 bits per heavy atom. The third-order valence-corrected chi connectivity index (χ3v) is 4.56. The van der Waals surface area contributed by atoms with E-state index in [1.165, 1.54) is 11.4 Å². The largest absolute Gasteiger partial charge is 0.392 e. The Morgan fingerprint density at radius 2 is 1.62 bits per heavy atom. The molecule has 110 valence electrons. The maximum absolute atomic E-state index is 9.44. The number of piperazine rings is 1. The van der Waals surface area contributed by atoms with Gasteiger partial charge in [0.25, 0.3) is 0 Å². The highest BCUT2D eigenvalue weighted by Crippen LogP contribution is 2.36. The summed E-state index contributed by atoms with van der Waals surface area (Å²) in [5.74, 6) is 0. The second kappa shape index (κ2) is 5.98. The summed E-state index contributed by atoms with van der Waals surface area (Å²) >= 11 is 0. The zero-order chi connectivity index (χ0) is 14.7. The molecule has 1 fully saturated rings. The second-order valence-corrected chi connectivity index (χ2v) is 5.88. The summed E-state index contributed by atoms with van der Waals surface area (Å²) in [6.07, 6.45) is 0. The van der Waals surface area contributed by atoms with Crippen molar-refractivity contribution in [3.8, 4) is 0 Å². The van der Waals surface area contributed by atoms with Gasteiger partial charge in [0.05, 0.1) is 6.61 Å². The zero-order valence-electron chi connectivity index (χ0n) is 12.6. The summed E-state index contributed by atoms with van der Waals surface area (Å²) in [4.78, 5) is 2.38. The van der Waals surface area contributed by atoms with Crippen molar-refractivity contribution in [2.24, 2.45) is 0 Å². The van der Waals surface area contributed by atoms with E-state index >= 15 is 0 Å². The molecule has 0 radical (unpaired) electrons. The number of aliphatic hydroxyl groups is 1. The fourth-order valence-electron chi connectivity index (χ4n) is 3.21. The number of para-hydroxylation sites is 1. The van der Waals surface area contributed by atoms with Crippen LogP contribution in [0.3, 0.4) is 0 Å². The molecule has 21 heavy (non-hydrogen) atoms. The minimum absolute atomic E-state index is 0.0997. The molecule has 2 aromatic rings. The number of hydrogen-bond acceptors (Lipinski definition) is 2. The fourth-order valence-corrected chi connectivity index (χ4v) is 3.21. The molecule has 0 saturated carbocycles. The first-order valence-corrected chi connectivity index (χ1v) is 7.56. The lowest BCUT2D eigenvalue weighted by Crippen LogP contribution is -2.56. The van der Waals surface area contributed by atoms with E-state index in [2.05, 4.69) is 60.5 Å². The Labute approximate surface area is 126 Å². The van der Waals surface area contributed by atoms with Gasteiger partial charge in [0.15, 0.2) is 0 Å². The van der Waals surface area contributed by atoms with E-state index < -0.39 is 0 Å². The van der Waals surface area contributed by atoms with Gasteiger partial charge in [-0.05, 0) is 30.8 Å². The molecule has 1 N–H and O–H groups in total. The van der Waals surface area contributed by atoms with Crippen LogP contribution in [0.15, 0.2) is 54.6 Å². The second-order valence-electron chi connectivity index (χ2n) is 5.88. The number of likely N-dealkylation sites (N-methyl/N-ethyl adjacent to an activating group) is 1. The third-order valence-electron chi connectivity index (χ3n) is 4.56. The molecule has 1 aliphatic heterocycles. The predicted octanol–water partition coefficient (Wildman–Crippen LogP) is 2.76. The molecule has 0 aromatic heterocycles. The molecule has 1 heterocycles. The summed E-state index contributed by atoms with van der Waals surface area (Å²) < 4.78 is 0.874. The number of nitrogens with zero attached hydrogens (tertiary/aromatic N) is 2. The Hall–Kier alpha value is -1.68. The quantitative estimate of drug-likeness (QED) is 0.876. The Kier molecular flexibility index (Phi) is 4.06. The van der Waals surface area contributed by atoms with Crippen molar-refractivity contribution in [3.05, 3.63) is 60.2 Å². The van der Waals surface area contributed by atoms with Crippen LogP contribution in [-0.4, -0.2) is 43.2 Å². The van der Waals surface area contributed by atoms with Gasteiger partial charge in [-0.1, -0.05) is 30.3 Å². The van der Waals surface area contributed by atoms with Gasteiger partial charge in [0, 0.05) is 19.2 Å². The van der Waals surface area contributed by atoms with E-state index in [0.717, 1.165) is 36.2 Å². The van der Waals surface area contributed by atoms with E-state index in [-0.39, 0.29) is 6.61 Å². The lowest BCUT2D eigenvalue weighted by molar-refractivity contribution is 0.204. The van der Waals surface area contributed by atoms with Crippen LogP contribution in [0.5, 0.6) is 0 Å². The summed E-state index contributed by atoms with van der Waals surface area (Å²) in [6.45, 7) is 4.39. The fraction of sp³-hybridized carbons (Fsp3) is 0.333. The SMILES string of the molecule is CN1CC[N+](c2ccccc2)(c2cccc(CO)c2)CC1. The highest BCUT2D eigenvalue weighted by atomic mass is 16.3. The van der Waals surface area contributed by atoms with Crippen LogP contribution in [0, 0.1) is 0 Å². The van der Waals surface area contributed by atoms with E-state index in [4.69, 9.17) is 0 Å². The Bertz CT molecular complexity index is 589. The molecular weight excluding hydrogens is 260 g/mol. The van der Waals surface area contributed by atoms with Gasteiger partial charge >= 0.3 is 0 Å². The van der Waals surface area contributed by atoms with E-state index in [0.29, 0.717) is 0 Å². The maximum atomic E-state index is 9.44. The zero-order valence-corrected chi connectivity index (χ0v) is 12.6. The molecule has 1 aliphatic rings. The van der Waals surface area contributed by atoms with Crippen LogP contribution >= 0.6 is 0 Å². The van der Waals surface area contributed by atoms with Crippen LogP contribution in [0.2, 0.25) is 0 Å². The van der Waals surface area contributed by atoms with Crippen molar-refractivity contribution in [2.75, 3.05) is 33.2 Å². The lowest BCUT2D eigenvalue weighted by Gasteiger charge is -2.43. The van der Waals surface area contributed by atoms with E-state index in [1.54, 1.807) is 0 Å². The molecule has 0 unspecified atom stereocenters. The van der Waals surface area contributed by atoms with Gasteiger partial charge in [0.1, 0.15) is 24.5 Å². The van der Waals surface area contributed by atoms with E-state index in [1.807, 2.05) is 6.07 Å². The average Bonchev–Trinajstić information content (AvgIpc) is 2.57. The predicted molar refractivity (Wildman–Crippen MR) is 87.5 cm³/mol. The first-order valence-electron chi connectivity index (χ1n) is 7.56. The highest BCUT2D eigenvalue weighted by molar-refractivity contribution is 5.59. The van der Waals surface area contributed by atoms with Crippen molar-refractivity contribution in [1.29, 1.82) is 0 Å². The average molecular weight is 283 g/mol. The third kappa shape index (κ3) is 2.72. The van der Waals surface area contributed by atoms with Crippen molar-refractivity contribution in [3.63, 3.8) is 0 Å². The van der Waals surface area contributed by atoms with Crippen molar-refractivity contribution in [2.45, 2.75) is 6.61 Å². The molecular formula is C18H23N2O+. The molecule has 1 saturated heterocycles. The normalized spacial score (nSPS) is 18.6.